The van der Waals surface area contributed by atoms with Gasteiger partial charge in [-0.15, -0.1) is 0 Å². The fourth-order valence-electron chi connectivity index (χ4n) is 2.40. The Morgan fingerprint density at radius 3 is 2.63 bits per heavy atom. The molecule has 0 bridgehead atoms. The van der Waals surface area contributed by atoms with E-state index in [9.17, 15) is 4.39 Å². The second-order valence-electron chi connectivity index (χ2n) is 4.90. The molecule has 1 atom stereocenters. The largest absolute Gasteiger partial charge is 0.494 e. The third kappa shape index (κ3) is 5.60. The Kier molecular flexibility index (Phi) is 7.49. The van der Waals surface area contributed by atoms with Crippen LogP contribution in [0.1, 0.15) is 45.1 Å². The van der Waals surface area contributed by atoms with Crippen molar-refractivity contribution in [3.63, 3.8) is 0 Å². The molecule has 0 aromatic heterocycles. The molecule has 2 nitrogen and oxygen atoms in total. The molecule has 0 radical (unpaired) electrons. The molecule has 1 aromatic carbocycles. The lowest BCUT2D eigenvalue weighted by atomic mass is 10.0. The van der Waals surface area contributed by atoms with E-state index in [-0.39, 0.29) is 5.82 Å². The van der Waals surface area contributed by atoms with E-state index in [1.54, 1.807) is 12.1 Å². The van der Waals surface area contributed by atoms with Crippen molar-refractivity contribution in [3.05, 3.63) is 29.6 Å². The second-order valence-corrected chi connectivity index (χ2v) is 4.90. The van der Waals surface area contributed by atoms with Crippen molar-refractivity contribution in [2.75, 3.05) is 13.7 Å². The third-order valence-electron chi connectivity index (χ3n) is 3.36. The van der Waals surface area contributed by atoms with Crippen molar-refractivity contribution >= 4 is 0 Å². The van der Waals surface area contributed by atoms with Gasteiger partial charge in [0.05, 0.1) is 7.11 Å². The van der Waals surface area contributed by atoms with Gasteiger partial charge in [-0.05, 0) is 49.9 Å². The highest BCUT2D eigenvalue weighted by molar-refractivity contribution is 5.29. The maximum Gasteiger partial charge on any atom is 0.165 e. The van der Waals surface area contributed by atoms with E-state index in [1.165, 1.54) is 20.0 Å². The number of benzene rings is 1. The van der Waals surface area contributed by atoms with Gasteiger partial charge < -0.3 is 10.1 Å². The Hall–Kier alpha value is -1.09. The Labute approximate surface area is 116 Å². The van der Waals surface area contributed by atoms with Crippen molar-refractivity contribution < 1.29 is 9.13 Å². The summed E-state index contributed by atoms with van der Waals surface area (Å²) in [5, 5.41) is 3.51. The molecule has 1 N–H and O–H groups in total. The highest BCUT2D eigenvalue weighted by atomic mass is 19.1. The summed E-state index contributed by atoms with van der Waals surface area (Å²) >= 11 is 0. The lowest BCUT2D eigenvalue weighted by Crippen LogP contribution is -2.28. The van der Waals surface area contributed by atoms with Crippen LogP contribution in [0.25, 0.3) is 0 Å². The first-order valence-electron chi connectivity index (χ1n) is 7.27. The molecule has 0 saturated carbocycles. The number of aryl methyl sites for hydroxylation is 1. The molecular weight excluding hydrogens is 241 g/mol. The molecule has 0 heterocycles. The second kappa shape index (κ2) is 8.92. The molecule has 0 amide bonds. The van der Waals surface area contributed by atoms with Crippen molar-refractivity contribution in [2.45, 2.75) is 52.0 Å². The van der Waals surface area contributed by atoms with Gasteiger partial charge in [0.15, 0.2) is 11.6 Å². The fourth-order valence-corrected chi connectivity index (χ4v) is 2.40. The number of rotatable bonds is 9. The van der Waals surface area contributed by atoms with Gasteiger partial charge in [0, 0.05) is 6.04 Å². The average Bonchev–Trinajstić information content (AvgIpc) is 2.39. The molecule has 1 unspecified atom stereocenters. The predicted molar refractivity (Wildman–Crippen MR) is 78.3 cm³/mol. The van der Waals surface area contributed by atoms with Crippen LogP contribution in [-0.2, 0) is 6.42 Å². The highest BCUT2D eigenvalue weighted by Crippen LogP contribution is 2.19. The van der Waals surface area contributed by atoms with Gasteiger partial charge in [-0.1, -0.05) is 26.3 Å². The summed E-state index contributed by atoms with van der Waals surface area (Å²) in [6, 6.07) is 5.83. The van der Waals surface area contributed by atoms with E-state index in [2.05, 4.69) is 19.2 Å². The molecule has 0 spiro atoms. The number of halogens is 1. The summed E-state index contributed by atoms with van der Waals surface area (Å²) in [5.74, 6) is 0.0528. The quantitative estimate of drug-likeness (QED) is 0.732. The maximum absolute atomic E-state index is 13.5. The zero-order valence-electron chi connectivity index (χ0n) is 12.3. The zero-order chi connectivity index (χ0) is 14.1. The molecule has 1 rings (SSSR count). The van der Waals surface area contributed by atoms with E-state index >= 15 is 0 Å². The van der Waals surface area contributed by atoms with Crippen LogP contribution in [0.5, 0.6) is 5.75 Å². The first-order chi connectivity index (χ1) is 9.21. The summed E-state index contributed by atoms with van der Waals surface area (Å²) in [7, 11) is 1.49. The molecular formula is C16H26FNO. The van der Waals surface area contributed by atoms with Gasteiger partial charge in [-0.3, -0.25) is 0 Å². The first-order valence-corrected chi connectivity index (χ1v) is 7.27. The van der Waals surface area contributed by atoms with Crippen molar-refractivity contribution in [1.82, 2.24) is 5.32 Å². The normalized spacial score (nSPS) is 12.4. The highest BCUT2D eigenvalue weighted by Gasteiger charge is 2.07. The Morgan fingerprint density at radius 1 is 1.26 bits per heavy atom. The Bertz CT molecular complexity index is 362. The minimum Gasteiger partial charge on any atom is -0.494 e. The predicted octanol–water partition coefficient (Wildman–Crippen LogP) is 3.94. The van der Waals surface area contributed by atoms with Crippen LogP contribution < -0.4 is 10.1 Å². The summed E-state index contributed by atoms with van der Waals surface area (Å²) in [6.07, 6.45) is 5.57. The van der Waals surface area contributed by atoms with Crippen molar-refractivity contribution in [1.29, 1.82) is 0 Å². The van der Waals surface area contributed by atoms with Gasteiger partial charge >= 0.3 is 0 Å². The fraction of sp³-hybridized carbons (Fsp3) is 0.625. The molecule has 0 aliphatic rings. The van der Waals surface area contributed by atoms with E-state index in [0.29, 0.717) is 11.8 Å². The van der Waals surface area contributed by atoms with Crippen LogP contribution in [0, 0.1) is 5.82 Å². The number of methoxy groups -OCH3 is 1. The lowest BCUT2D eigenvalue weighted by Gasteiger charge is -2.16. The van der Waals surface area contributed by atoms with Gasteiger partial charge in [-0.2, -0.15) is 0 Å². The summed E-state index contributed by atoms with van der Waals surface area (Å²) in [4.78, 5) is 0. The molecule has 0 aliphatic carbocycles. The van der Waals surface area contributed by atoms with Gasteiger partial charge in [0.1, 0.15) is 0 Å². The molecule has 0 aliphatic heterocycles. The van der Waals surface area contributed by atoms with Gasteiger partial charge in [-0.25, -0.2) is 4.39 Å². The van der Waals surface area contributed by atoms with E-state index in [0.717, 1.165) is 31.4 Å². The van der Waals surface area contributed by atoms with E-state index in [1.807, 2.05) is 6.07 Å². The lowest BCUT2D eigenvalue weighted by molar-refractivity contribution is 0.386. The van der Waals surface area contributed by atoms with Crippen LogP contribution in [0.15, 0.2) is 18.2 Å². The van der Waals surface area contributed by atoms with Gasteiger partial charge in [0.25, 0.3) is 0 Å². The van der Waals surface area contributed by atoms with Crippen LogP contribution in [0.4, 0.5) is 4.39 Å². The SMILES string of the molecule is CCCC(CCCc1ccc(OC)c(F)c1)NCC. The summed E-state index contributed by atoms with van der Waals surface area (Å²) in [5.41, 5.74) is 1.05. The van der Waals surface area contributed by atoms with Crippen LogP contribution in [-0.4, -0.2) is 19.7 Å². The smallest absolute Gasteiger partial charge is 0.165 e. The Balaban J connectivity index is 2.41. The number of hydrogen-bond donors (Lipinski definition) is 1. The van der Waals surface area contributed by atoms with E-state index in [4.69, 9.17) is 4.74 Å². The topological polar surface area (TPSA) is 21.3 Å². The third-order valence-corrected chi connectivity index (χ3v) is 3.36. The summed E-state index contributed by atoms with van der Waals surface area (Å²) in [6.45, 7) is 5.37. The van der Waals surface area contributed by atoms with Crippen LogP contribution in [0.3, 0.4) is 0 Å². The molecule has 1 aromatic rings. The number of nitrogens with one attached hydrogen (secondary N) is 1. The minimum atomic E-state index is -0.267. The standard InChI is InChI=1S/C16H26FNO/c1-4-7-14(18-5-2)9-6-8-13-10-11-16(19-3)15(17)12-13/h10-12,14,18H,4-9H2,1-3H3. The first kappa shape index (κ1) is 16.0. The number of hydrogen-bond acceptors (Lipinski definition) is 2. The van der Waals surface area contributed by atoms with Crippen LogP contribution >= 0.6 is 0 Å². The molecule has 0 fully saturated rings. The minimum absolute atomic E-state index is 0.267. The van der Waals surface area contributed by atoms with Gasteiger partial charge in [0.2, 0.25) is 0 Å². The average molecular weight is 267 g/mol. The van der Waals surface area contributed by atoms with Crippen LogP contribution in [0.2, 0.25) is 0 Å². The molecule has 0 saturated heterocycles. The molecule has 3 heteroatoms. The number of ether oxygens (including phenoxy) is 1. The van der Waals surface area contributed by atoms with Crippen molar-refractivity contribution in [3.8, 4) is 5.75 Å². The van der Waals surface area contributed by atoms with Crippen molar-refractivity contribution in [2.24, 2.45) is 0 Å². The monoisotopic (exact) mass is 267 g/mol. The molecule has 108 valence electrons. The zero-order valence-corrected chi connectivity index (χ0v) is 12.3. The summed E-state index contributed by atoms with van der Waals surface area (Å²) < 4.78 is 18.5. The van der Waals surface area contributed by atoms with E-state index < -0.39 is 0 Å². The maximum atomic E-state index is 13.5. The molecule has 19 heavy (non-hydrogen) atoms. The Morgan fingerprint density at radius 2 is 2.05 bits per heavy atom.